The van der Waals surface area contributed by atoms with Gasteiger partial charge in [0.1, 0.15) is 0 Å². The maximum Gasteiger partial charge on any atom is 0.164 e. The van der Waals surface area contributed by atoms with E-state index in [0.717, 1.165) is 30.0 Å². The van der Waals surface area contributed by atoms with E-state index in [4.69, 9.17) is 0 Å². The summed E-state index contributed by atoms with van der Waals surface area (Å²) < 4.78 is 0. The third-order valence-corrected chi connectivity index (χ3v) is 5.72. The summed E-state index contributed by atoms with van der Waals surface area (Å²) in [5.74, 6) is 3.76. The van der Waals surface area contributed by atoms with Crippen LogP contribution < -0.4 is 5.43 Å². The lowest BCUT2D eigenvalue weighted by Crippen LogP contribution is -2.46. The Morgan fingerprint density at radius 2 is 1.86 bits per heavy atom. The molecule has 4 bridgehead atoms. The van der Waals surface area contributed by atoms with Gasteiger partial charge in [-0.25, -0.2) is 4.98 Å². The van der Waals surface area contributed by atoms with Crippen molar-refractivity contribution < 1.29 is 0 Å². The van der Waals surface area contributed by atoms with Crippen LogP contribution in [0.5, 0.6) is 0 Å². The van der Waals surface area contributed by atoms with Gasteiger partial charge in [-0.3, -0.25) is 10.4 Å². The Labute approximate surface area is 126 Å². The fraction of sp³-hybridized carbons (Fsp3) is 0.706. The van der Waals surface area contributed by atoms with Crippen molar-refractivity contribution in [1.82, 2.24) is 9.97 Å². The van der Waals surface area contributed by atoms with Crippen LogP contribution in [0.4, 0.5) is 5.82 Å². The van der Waals surface area contributed by atoms with Gasteiger partial charge >= 0.3 is 0 Å². The Balaban J connectivity index is 1.43. The number of rotatable bonds is 4. The van der Waals surface area contributed by atoms with Crippen LogP contribution in [-0.4, -0.2) is 15.7 Å². The maximum absolute atomic E-state index is 4.53. The molecule has 1 heterocycles. The minimum absolute atomic E-state index is 0.562. The van der Waals surface area contributed by atoms with Crippen molar-refractivity contribution in [1.29, 1.82) is 0 Å². The summed E-state index contributed by atoms with van der Waals surface area (Å²) in [7, 11) is 0. The minimum atomic E-state index is 0.562. The zero-order valence-electron chi connectivity index (χ0n) is 12.8. The maximum atomic E-state index is 4.53. The highest BCUT2D eigenvalue weighted by molar-refractivity contribution is 5.83. The van der Waals surface area contributed by atoms with Crippen molar-refractivity contribution in [3.05, 3.63) is 18.6 Å². The zero-order valence-corrected chi connectivity index (χ0v) is 12.8. The van der Waals surface area contributed by atoms with Crippen molar-refractivity contribution in [3.8, 4) is 0 Å². The molecular formula is C17H24N4. The second kappa shape index (κ2) is 5.08. The molecule has 4 nitrogen and oxygen atoms in total. The molecular weight excluding hydrogens is 260 g/mol. The fourth-order valence-electron chi connectivity index (χ4n) is 5.60. The number of hydrazone groups is 1. The lowest BCUT2D eigenvalue weighted by molar-refractivity contribution is -0.0482. The Bertz CT molecular complexity index is 502. The second-order valence-corrected chi connectivity index (χ2v) is 7.64. The third kappa shape index (κ3) is 2.68. The molecule has 4 aliphatic rings. The quantitative estimate of drug-likeness (QED) is 0.674. The first-order chi connectivity index (χ1) is 10.2. The van der Waals surface area contributed by atoms with E-state index in [1.807, 2.05) is 0 Å². The molecule has 1 N–H and O–H groups in total. The van der Waals surface area contributed by atoms with Crippen LogP contribution in [-0.2, 0) is 0 Å². The molecule has 0 aromatic carbocycles. The molecule has 1 aromatic rings. The van der Waals surface area contributed by atoms with E-state index in [1.165, 1.54) is 44.2 Å². The molecule has 0 atom stereocenters. The summed E-state index contributed by atoms with van der Waals surface area (Å²) in [5.41, 5.74) is 4.81. The van der Waals surface area contributed by atoms with E-state index in [-0.39, 0.29) is 0 Å². The molecule has 0 unspecified atom stereocenters. The van der Waals surface area contributed by atoms with E-state index in [1.54, 1.807) is 18.6 Å². The van der Waals surface area contributed by atoms with Crippen LogP contribution >= 0.6 is 0 Å². The first-order valence-corrected chi connectivity index (χ1v) is 8.26. The Kier molecular flexibility index (Phi) is 3.20. The lowest BCUT2D eigenvalue weighted by atomic mass is 9.48. The van der Waals surface area contributed by atoms with E-state index >= 15 is 0 Å². The van der Waals surface area contributed by atoms with Crippen LogP contribution in [0.25, 0.3) is 0 Å². The van der Waals surface area contributed by atoms with Gasteiger partial charge in [-0.05, 0) is 75.0 Å². The number of hydrogen-bond acceptors (Lipinski definition) is 4. The van der Waals surface area contributed by atoms with Gasteiger partial charge in [0.05, 0.1) is 6.20 Å². The van der Waals surface area contributed by atoms with Gasteiger partial charge in [-0.1, -0.05) is 0 Å². The van der Waals surface area contributed by atoms with Gasteiger partial charge in [0, 0.05) is 18.1 Å². The molecule has 4 aliphatic carbocycles. The second-order valence-electron chi connectivity index (χ2n) is 7.64. The zero-order chi connectivity index (χ0) is 14.3. The van der Waals surface area contributed by atoms with Gasteiger partial charge < -0.3 is 0 Å². The van der Waals surface area contributed by atoms with Crippen molar-refractivity contribution in [3.63, 3.8) is 0 Å². The third-order valence-electron chi connectivity index (χ3n) is 5.72. The highest BCUT2D eigenvalue weighted by Crippen LogP contribution is 2.61. The first-order valence-electron chi connectivity index (χ1n) is 8.26. The molecule has 0 aliphatic heterocycles. The first kappa shape index (κ1) is 13.2. The van der Waals surface area contributed by atoms with Crippen LogP contribution in [0.2, 0.25) is 0 Å². The minimum Gasteiger partial charge on any atom is -0.260 e. The fourth-order valence-corrected chi connectivity index (χ4v) is 5.60. The normalized spacial score (nSPS) is 37.8. The summed E-state index contributed by atoms with van der Waals surface area (Å²) in [4.78, 5) is 8.25. The Morgan fingerprint density at radius 1 is 1.19 bits per heavy atom. The van der Waals surface area contributed by atoms with Crippen LogP contribution in [0, 0.1) is 23.2 Å². The van der Waals surface area contributed by atoms with Gasteiger partial charge in [-0.2, -0.15) is 5.10 Å². The predicted molar refractivity (Wildman–Crippen MR) is 84.0 cm³/mol. The van der Waals surface area contributed by atoms with E-state index in [2.05, 4.69) is 27.4 Å². The van der Waals surface area contributed by atoms with Gasteiger partial charge in [0.25, 0.3) is 0 Å². The molecule has 112 valence electrons. The van der Waals surface area contributed by atoms with E-state index in [9.17, 15) is 0 Å². The molecule has 21 heavy (non-hydrogen) atoms. The van der Waals surface area contributed by atoms with Gasteiger partial charge in [0.2, 0.25) is 0 Å². The molecule has 0 spiro atoms. The molecule has 4 fully saturated rings. The van der Waals surface area contributed by atoms with Crippen molar-refractivity contribution >= 4 is 11.5 Å². The SMILES string of the molecule is C/C(CC12CC3CC(CC(C3)C1)C2)=N\Nc1cnccn1. The molecule has 0 radical (unpaired) electrons. The summed E-state index contributed by atoms with van der Waals surface area (Å²) >= 11 is 0. The van der Waals surface area contributed by atoms with Gasteiger partial charge in [-0.15, -0.1) is 0 Å². The molecule has 5 rings (SSSR count). The Morgan fingerprint density at radius 3 is 2.43 bits per heavy atom. The molecule has 0 saturated heterocycles. The molecule has 1 aromatic heterocycles. The number of hydrogen-bond donors (Lipinski definition) is 1. The monoisotopic (exact) mass is 284 g/mol. The predicted octanol–water partition coefficient (Wildman–Crippen LogP) is 3.87. The highest BCUT2D eigenvalue weighted by Gasteiger charge is 2.50. The molecule has 0 amide bonds. The van der Waals surface area contributed by atoms with Crippen molar-refractivity contribution in [2.75, 3.05) is 5.43 Å². The average molecular weight is 284 g/mol. The number of nitrogens with one attached hydrogen (secondary N) is 1. The lowest BCUT2D eigenvalue weighted by Gasteiger charge is -2.57. The summed E-state index contributed by atoms with van der Waals surface area (Å²) in [5, 5.41) is 4.53. The van der Waals surface area contributed by atoms with Crippen LogP contribution in [0.3, 0.4) is 0 Å². The van der Waals surface area contributed by atoms with Crippen LogP contribution in [0.15, 0.2) is 23.7 Å². The summed E-state index contributed by atoms with van der Waals surface area (Å²) in [6.45, 7) is 2.15. The average Bonchev–Trinajstić information content (AvgIpc) is 2.44. The van der Waals surface area contributed by atoms with Crippen molar-refractivity contribution in [2.45, 2.75) is 51.9 Å². The van der Waals surface area contributed by atoms with Gasteiger partial charge in [0.15, 0.2) is 5.82 Å². The topological polar surface area (TPSA) is 50.2 Å². The number of aromatic nitrogens is 2. The highest BCUT2D eigenvalue weighted by atomic mass is 15.3. The van der Waals surface area contributed by atoms with Crippen molar-refractivity contribution in [2.24, 2.45) is 28.3 Å². The Hall–Kier alpha value is -1.45. The van der Waals surface area contributed by atoms with Crippen LogP contribution in [0.1, 0.15) is 51.9 Å². The number of nitrogens with zero attached hydrogens (tertiary/aromatic N) is 3. The smallest absolute Gasteiger partial charge is 0.164 e. The standard InChI is InChI=1S/C17H24N4/c1-12(20-21-16-11-18-2-3-19-16)7-17-8-13-4-14(9-17)6-15(5-13)10-17/h2-3,11,13-15H,4-10H2,1H3,(H,19,21)/b20-12+. The molecule has 4 saturated carbocycles. The van der Waals surface area contributed by atoms with E-state index in [0.29, 0.717) is 5.41 Å². The summed E-state index contributed by atoms with van der Waals surface area (Å²) in [6.07, 6.45) is 15.1. The molecule has 4 heteroatoms. The number of anilines is 1. The summed E-state index contributed by atoms with van der Waals surface area (Å²) in [6, 6.07) is 0. The largest absolute Gasteiger partial charge is 0.260 e. The van der Waals surface area contributed by atoms with E-state index < -0.39 is 0 Å².